The van der Waals surface area contributed by atoms with Crippen LogP contribution in [0.15, 0.2) is 16.9 Å². The van der Waals surface area contributed by atoms with Gasteiger partial charge in [-0.3, -0.25) is 10.8 Å². The van der Waals surface area contributed by atoms with Crippen LogP contribution >= 0.6 is 12.4 Å². The summed E-state index contributed by atoms with van der Waals surface area (Å²) >= 11 is 0. The Morgan fingerprint density at radius 3 is 2.23 bits per heavy atom. The predicted octanol–water partition coefficient (Wildman–Crippen LogP) is -0.310. The van der Waals surface area contributed by atoms with E-state index in [1.165, 1.54) is 12.3 Å². The first kappa shape index (κ1) is 11.2. The van der Waals surface area contributed by atoms with Gasteiger partial charge < -0.3 is 16.0 Å². The molecule has 1 heterocycles. The molecule has 1 aromatic rings. The van der Waals surface area contributed by atoms with Gasteiger partial charge in [0.05, 0.1) is 0 Å². The first-order valence-corrected chi connectivity index (χ1v) is 3.01. The molecule has 7 nitrogen and oxygen atoms in total. The monoisotopic (exact) mass is 204 g/mol. The minimum atomic E-state index is -0.378. The van der Waals surface area contributed by atoms with Crippen LogP contribution in [0.5, 0.6) is 0 Å². The second-order valence-electron chi connectivity index (χ2n) is 1.96. The van der Waals surface area contributed by atoms with E-state index in [1.54, 1.807) is 0 Å². The molecule has 0 aliphatic carbocycles. The van der Waals surface area contributed by atoms with Crippen molar-refractivity contribution in [3.63, 3.8) is 0 Å². The third-order valence-corrected chi connectivity index (χ3v) is 1.14. The van der Waals surface area contributed by atoms with Crippen LogP contribution in [0.2, 0.25) is 0 Å². The molecule has 1 rings (SSSR count). The number of hydrogen-bond acceptors (Lipinski definition) is 4. The Labute approximate surface area is 80.1 Å². The Bertz CT molecular complexity index is 282. The Morgan fingerprint density at radius 1 is 1.38 bits per heavy atom. The minimum absolute atomic E-state index is 0. The van der Waals surface area contributed by atoms with E-state index in [2.05, 4.69) is 9.68 Å². The van der Waals surface area contributed by atoms with Gasteiger partial charge in [-0.2, -0.15) is 0 Å². The molecular formula is C5H9ClN6O. The molecule has 0 unspecified atom stereocenters. The first-order valence-electron chi connectivity index (χ1n) is 3.01. The van der Waals surface area contributed by atoms with Crippen LogP contribution in [-0.2, 0) is 0 Å². The summed E-state index contributed by atoms with van der Waals surface area (Å²) in [7, 11) is 0. The summed E-state index contributed by atoms with van der Waals surface area (Å²) in [4.78, 5) is 0.934. The number of nitrogens with two attached hydrogens (primary N) is 2. The Balaban J connectivity index is 0.00000144. The Morgan fingerprint density at radius 2 is 1.92 bits per heavy atom. The molecule has 0 amide bonds. The maximum atomic E-state index is 7.06. The van der Waals surface area contributed by atoms with Crippen molar-refractivity contribution in [1.29, 1.82) is 10.8 Å². The zero-order chi connectivity index (χ0) is 9.14. The number of anilines is 1. The molecule has 0 aromatic carbocycles. The summed E-state index contributed by atoms with van der Waals surface area (Å²) < 4.78 is 4.50. The maximum absolute atomic E-state index is 7.06. The summed E-state index contributed by atoms with van der Waals surface area (Å²) in [5.74, 6) is -0.539. The summed E-state index contributed by atoms with van der Waals surface area (Å²) in [6.07, 6.45) is 1.30. The third-order valence-electron chi connectivity index (χ3n) is 1.14. The van der Waals surface area contributed by atoms with Gasteiger partial charge >= 0.3 is 0 Å². The fourth-order valence-corrected chi connectivity index (χ4v) is 0.698. The molecule has 0 saturated heterocycles. The molecule has 72 valence electrons. The standard InChI is InChI=1S/C5H8N6O.ClH/c6-4(7)11(5(8)9)3-1-2-12-10-3;/h1-2H,(H3,6,7)(H3,8,9);1H. The van der Waals surface area contributed by atoms with E-state index in [1.807, 2.05) is 0 Å². The Kier molecular flexibility index (Phi) is 3.73. The minimum Gasteiger partial charge on any atom is -0.369 e. The van der Waals surface area contributed by atoms with Crippen LogP contribution in [-0.4, -0.2) is 17.1 Å². The van der Waals surface area contributed by atoms with Crippen LogP contribution in [0.1, 0.15) is 0 Å². The number of nitrogens with zero attached hydrogens (tertiary/aromatic N) is 2. The Hall–Kier alpha value is -1.76. The fraction of sp³-hybridized carbons (Fsp3) is 0. The summed E-state index contributed by atoms with van der Waals surface area (Å²) in [6.45, 7) is 0. The number of nitrogens with one attached hydrogen (secondary N) is 2. The van der Waals surface area contributed by atoms with Gasteiger partial charge in [-0.05, 0) is 0 Å². The first-order chi connectivity index (χ1) is 5.63. The summed E-state index contributed by atoms with van der Waals surface area (Å²) in [6, 6.07) is 1.45. The van der Waals surface area contributed by atoms with Gasteiger partial charge in [-0.15, -0.1) is 12.4 Å². The van der Waals surface area contributed by atoms with Crippen molar-refractivity contribution in [3.8, 4) is 0 Å². The highest BCUT2D eigenvalue weighted by Crippen LogP contribution is 2.07. The molecule has 0 bridgehead atoms. The zero-order valence-corrected chi connectivity index (χ0v) is 7.34. The highest BCUT2D eigenvalue weighted by molar-refractivity contribution is 6.13. The number of hydrogen-bond donors (Lipinski definition) is 4. The molecule has 0 fully saturated rings. The SMILES string of the molecule is Cl.N=C(N)N(C(=N)N)c1ccon1. The lowest BCUT2D eigenvalue weighted by atomic mass is 10.5. The topological polar surface area (TPSA) is 129 Å². The average Bonchev–Trinajstić information content (AvgIpc) is 2.37. The molecule has 13 heavy (non-hydrogen) atoms. The van der Waals surface area contributed by atoms with Crippen LogP contribution < -0.4 is 16.4 Å². The number of halogens is 1. The maximum Gasteiger partial charge on any atom is 0.201 e. The van der Waals surface area contributed by atoms with Crippen LogP contribution in [0.25, 0.3) is 0 Å². The molecule has 1 aromatic heterocycles. The molecular weight excluding hydrogens is 196 g/mol. The lowest BCUT2D eigenvalue weighted by molar-refractivity contribution is 0.422. The van der Waals surface area contributed by atoms with Crippen LogP contribution in [0.3, 0.4) is 0 Å². The normalized spacial score (nSPS) is 8.62. The van der Waals surface area contributed by atoms with E-state index in [-0.39, 0.29) is 30.1 Å². The molecule has 6 N–H and O–H groups in total. The van der Waals surface area contributed by atoms with Crippen molar-refractivity contribution in [2.24, 2.45) is 11.5 Å². The summed E-state index contributed by atoms with van der Waals surface area (Å²) in [5, 5.41) is 17.6. The van der Waals surface area contributed by atoms with E-state index in [0.717, 1.165) is 4.90 Å². The van der Waals surface area contributed by atoms with Gasteiger partial charge in [0.2, 0.25) is 11.9 Å². The highest BCUT2D eigenvalue weighted by atomic mass is 35.5. The molecule has 0 atom stereocenters. The molecule has 0 aliphatic rings. The van der Waals surface area contributed by atoms with Crippen molar-refractivity contribution in [2.75, 3.05) is 4.90 Å². The molecule has 0 aliphatic heterocycles. The van der Waals surface area contributed by atoms with Gasteiger partial charge in [-0.25, -0.2) is 4.90 Å². The number of guanidine groups is 2. The van der Waals surface area contributed by atoms with E-state index in [0.29, 0.717) is 0 Å². The van der Waals surface area contributed by atoms with E-state index >= 15 is 0 Å². The smallest absolute Gasteiger partial charge is 0.201 e. The second kappa shape index (κ2) is 4.31. The van der Waals surface area contributed by atoms with Gasteiger partial charge in [0.15, 0.2) is 5.82 Å². The van der Waals surface area contributed by atoms with Gasteiger partial charge in [0, 0.05) is 6.07 Å². The summed E-state index contributed by atoms with van der Waals surface area (Å²) in [5.41, 5.74) is 10.3. The van der Waals surface area contributed by atoms with Crippen molar-refractivity contribution < 1.29 is 4.52 Å². The molecule has 0 saturated carbocycles. The molecule has 0 spiro atoms. The second-order valence-corrected chi connectivity index (χ2v) is 1.96. The molecule has 8 heteroatoms. The number of aromatic nitrogens is 1. The van der Waals surface area contributed by atoms with E-state index in [9.17, 15) is 0 Å². The van der Waals surface area contributed by atoms with Gasteiger partial charge in [-0.1, -0.05) is 5.16 Å². The zero-order valence-electron chi connectivity index (χ0n) is 6.52. The van der Waals surface area contributed by atoms with Crippen LogP contribution in [0, 0.1) is 10.8 Å². The highest BCUT2D eigenvalue weighted by Gasteiger charge is 2.14. The van der Waals surface area contributed by atoms with Gasteiger partial charge in [0.1, 0.15) is 6.26 Å². The third kappa shape index (κ3) is 2.34. The van der Waals surface area contributed by atoms with Crippen molar-refractivity contribution in [3.05, 3.63) is 12.3 Å². The van der Waals surface area contributed by atoms with E-state index < -0.39 is 0 Å². The fourth-order valence-electron chi connectivity index (χ4n) is 0.698. The van der Waals surface area contributed by atoms with Crippen molar-refractivity contribution in [1.82, 2.24) is 5.16 Å². The van der Waals surface area contributed by atoms with Crippen molar-refractivity contribution >= 4 is 30.1 Å². The largest absolute Gasteiger partial charge is 0.369 e. The average molecular weight is 205 g/mol. The van der Waals surface area contributed by atoms with Crippen LogP contribution in [0.4, 0.5) is 5.82 Å². The van der Waals surface area contributed by atoms with Crippen molar-refractivity contribution in [2.45, 2.75) is 0 Å². The quantitative estimate of drug-likeness (QED) is 0.368. The number of rotatable bonds is 1. The van der Waals surface area contributed by atoms with Gasteiger partial charge in [0.25, 0.3) is 0 Å². The lowest BCUT2D eigenvalue weighted by Crippen LogP contribution is -2.45. The predicted molar refractivity (Wildman–Crippen MR) is 50.1 cm³/mol. The van der Waals surface area contributed by atoms with E-state index in [4.69, 9.17) is 22.3 Å². The lowest BCUT2D eigenvalue weighted by Gasteiger charge is -2.15. The molecule has 0 radical (unpaired) electrons.